The number of hydrogen-bond donors (Lipinski definition) is 0. The number of rotatable bonds is 6. The van der Waals surface area contributed by atoms with Crippen molar-refractivity contribution in [3.63, 3.8) is 0 Å². The zero-order valence-corrected chi connectivity index (χ0v) is 10.3. The van der Waals surface area contributed by atoms with Gasteiger partial charge in [0.1, 0.15) is 0 Å². The Kier molecular flexibility index (Phi) is 5.76. The van der Waals surface area contributed by atoms with Crippen LogP contribution in [0, 0.1) is 29.1 Å². The summed E-state index contributed by atoms with van der Waals surface area (Å²) in [5, 5.41) is 8.63. The van der Waals surface area contributed by atoms with Gasteiger partial charge in [-0.2, -0.15) is 5.26 Å². The molecule has 0 aromatic rings. The summed E-state index contributed by atoms with van der Waals surface area (Å²) in [4.78, 5) is 0. The topological polar surface area (TPSA) is 23.8 Å². The van der Waals surface area contributed by atoms with Gasteiger partial charge in [0, 0.05) is 6.42 Å². The van der Waals surface area contributed by atoms with E-state index in [0.717, 1.165) is 30.6 Å². The summed E-state index contributed by atoms with van der Waals surface area (Å²) in [6.45, 7) is 4.60. The minimum absolute atomic E-state index is 0.744. The normalized spacial score (nSPS) is 19.3. The molecule has 1 saturated carbocycles. The Morgan fingerprint density at radius 3 is 2.40 bits per heavy atom. The second kappa shape index (κ2) is 6.88. The molecular weight excluding hydrogens is 182 g/mol. The number of nitriles is 1. The second-order valence-electron chi connectivity index (χ2n) is 5.43. The fraction of sp³-hybridized carbons (Fsp3) is 0.929. The first-order chi connectivity index (χ1) is 7.24. The van der Waals surface area contributed by atoms with Crippen LogP contribution in [0.4, 0.5) is 0 Å². The van der Waals surface area contributed by atoms with Crippen molar-refractivity contribution in [1.29, 1.82) is 5.26 Å². The second-order valence-corrected chi connectivity index (χ2v) is 5.43. The highest BCUT2D eigenvalue weighted by molar-refractivity contribution is 4.75. The molecule has 0 aromatic carbocycles. The molecule has 1 fully saturated rings. The van der Waals surface area contributed by atoms with E-state index < -0.39 is 0 Å². The zero-order chi connectivity index (χ0) is 11.1. The van der Waals surface area contributed by atoms with Gasteiger partial charge in [-0.05, 0) is 30.6 Å². The Morgan fingerprint density at radius 1 is 1.20 bits per heavy atom. The quantitative estimate of drug-likeness (QED) is 0.627. The van der Waals surface area contributed by atoms with Crippen LogP contribution in [0.5, 0.6) is 0 Å². The van der Waals surface area contributed by atoms with Crippen LogP contribution in [0.1, 0.15) is 65.2 Å². The van der Waals surface area contributed by atoms with Crippen molar-refractivity contribution < 1.29 is 0 Å². The molecule has 1 atom stereocenters. The Hall–Kier alpha value is -0.510. The van der Waals surface area contributed by atoms with E-state index in [4.69, 9.17) is 5.26 Å². The SMILES string of the molecule is CC(C)C(CCC#N)CCC1CCCC1. The minimum Gasteiger partial charge on any atom is -0.198 e. The fourth-order valence-electron chi connectivity index (χ4n) is 2.81. The van der Waals surface area contributed by atoms with E-state index in [9.17, 15) is 0 Å². The van der Waals surface area contributed by atoms with E-state index in [1.807, 2.05) is 0 Å². The maximum atomic E-state index is 8.63. The molecule has 86 valence electrons. The molecule has 0 N–H and O–H groups in total. The summed E-state index contributed by atoms with van der Waals surface area (Å²) in [7, 11) is 0. The van der Waals surface area contributed by atoms with E-state index in [-0.39, 0.29) is 0 Å². The lowest BCUT2D eigenvalue weighted by atomic mass is 9.84. The van der Waals surface area contributed by atoms with Crippen LogP contribution in [0.2, 0.25) is 0 Å². The first-order valence-electron chi connectivity index (χ1n) is 6.61. The molecule has 1 nitrogen and oxygen atoms in total. The van der Waals surface area contributed by atoms with E-state index in [2.05, 4.69) is 19.9 Å². The smallest absolute Gasteiger partial charge is 0.0621 e. The van der Waals surface area contributed by atoms with E-state index in [0.29, 0.717) is 0 Å². The lowest BCUT2D eigenvalue weighted by molar-refractivity contribution is 0.305. The molecule has 0 bridgehead atoms. The highest BCUT2D eigenvalue weighted by Gasteiger charge is 2.18. The largest absolute Gasteiger partial charge is 0.198 e. The van der Waals surface area contributed by atoms with E-state index in [1.54, 1.807) is 0 Å². The predicted molar refractivity (Wildman–Crippen MR) is 64.4 cm³/mol. The molecule has 0 aromatic heterocycles. The average Bonchev–Trinajstić information content (AvgIpc) is 2.70. The fourth-order valence-corrected chi connectivity index (χ4v) is 2.81. The lowest BCUT2D eigenvalue weighted by Gasteiger charge is -2.21. The Labute approximate surface area is 94.9 Å². The summed E-state index contributed by atoms with van der Waals surface area (Å²) in [6, 6.07) is 2.28. The van der Waals surface area contributed by atoms with Gasteiger partial charge in [-0.25, -0.2) is 0 Å². The van der Waals surface area contributed by atoms with Gasteiger partial charge in [-0.15, -0.1) is 0 Å². The molecule has 1 unspecified atom stereocenters. The summed E-state index contributed by atoms with van der Waals surface area (Å²) in [5.74, 6) is 2.54. The Balaban J connectivity index is 2.21. The molecular formula is C14H25N. The van der Waals surface area contributed by atoms with Gasteiger partial charge in [-0.3, -0.25) is 0 Å². The third kappa shape index (κ3) is 4.69. The molecule has 15 heavy (non-hydrogen) atoms. The standard InChI is InChI=1S/C14H25N/c1-12(2)14(8-5-11-15)10-9-13-6-3-4-7-13/h12-14H,3-10H2,1-2H3. The van der Waals surface area contributed by atoms with Crippen molar-refractivity contribution in [2.24, 2.45) is 17.8 Å². The lowest BCUT2D eigenvalue weighted by Crippen LogP contribution is -2.10. The number of nitrogens with zero attached hydrogens (tertiary/aromatic N) is 1. The molecule has 1 rings (SSSR count). The highest BCUT2D eigenvalue weighted by Crippen LogP contribution is 2.32. The summed E-state index contributed by atoms with van der Waals surface area (Å²) in [5.41, 5.74) is 0. The molecule has 0 aliphatic heterocycles. The highest BCUT2D eigenvalue weighted by atomic mass is 14.3. The van der Waals surface area contributed by atoms with Crippen molar-refractivity contribution in [3.05, 3.63) is 0 Å². The van der Waals surface area contributed by atoms with Crippen LogP contribution >= 0.6 is 0 Å². The average molecular weight is 207 g/mol. The molecule has 1 aliphatic rings. The summed E-state index contributed by atoms with van der Waals surface area (Å²) >= 11 is 0. The van der Waals surface area contributed by atoms with E-state index >= 15 is 0 Å². The minimum atomic E-state index is 0.744. The molecule has 0 radical (unpaired) electrons. The van der Waals surface area contributed by atoms with Gasteiger partial charge in [0.15, 0.2) is 0 Å². The first-order valence-corrected chi connectivity index (χ1v) is 6.61. The number of hydrogen-bond acceptors (Lipinski definition) is 1. The van der Waals surface area contributed by atoms with Gasteiger partial charge in [0.05, 0.1) is 6.07 Å². The molecule has 1 aliphatic carbocycles. The van der Waals surface area contributed by atoms with E-state index in [1.165, 1.54) is 38.5 Å². The van der Waals surface area contributed by atoms with Crippen molar-refractivity contribution in [2.75, 3.05) is 0 Å². The van der Waals surface area contributed by atoms with Gasteiger partial charge >= 0.3 is 0 Å². The van der Waals surface area contributed by atoms with Crippen LogP contribution in [0.3, 0.4) is 0 Å². The molecule has 1 heteroatoms. The van der Waals surface area contributed by atoms with Crippen LogP contribution in [-0.4, -0.2) is 0 Å². The van der Waals surface area contributed by atoms with Gasteiger partial charge in [0.25, 0.3) is 0 Å². The first kappa shape index (κ1) is 12.6. The molecule has 0 amide bonds. The van der Waals surface area contributed by atoms with Crippen molar-refractivity contribution in [3.8, 4) is 6.07 Å². The summed E-state index contributed by atoms with van der Waals surface area (Å²) in [6.07, 6.45) is 10.4. The predicted octanol–water partition coefficient (Wildman–Crippen LogP) is 4.53. The van der Waals surface area contributed by atoms with Crippen LogP contribution in [0.25, 0.3) is 0 Å². The third-order valence-electron chi connectivity index (χ3n) is 3.99. The maximum absolute atomic E-state index is 8.63. The van der Waals surface area contributed by atoms with Gasteiger partial charge < -0.3 is 0 Å². The molecule has 0 heterocycles. The molecule has 0 spiro atoms. The van der Waals surface area contributed by atoms with Crippen molar-refractivity contribution in [2.45, 2.75) is 65.2 Å². The van der Waals surface area contributed by atoms with Crippen LogP contribution in [-0.2, 0) is 0 Å². The van der Waals surface area contributed by atoms with Crippen molar-refractivity contribution >= 4 is 0 Å². The monoisotopic (exact) mass is 207 g/mol. The Bertz CT molecular complexity index is 196. The van der Waals surface area contributed by atoms with Crippen LogP contribution in [0.15, 0.2) is 0 Å². The maximum Gasteiger partial charge on any atom is 0.0621 e. The summed E-state index contributed by atoms with van der Waals surface area (Å²) < 4.78 is 0. The molecule has 0 saturated heterocycles. The van der Waals surface area contributed by atoms with Gasteiger partial charge in [-0.1, -0.05) is 46.0 Å². The zero-order valence-electron chi connectivity index (χ0n) is 10.3. The Morgan fingerprint density at radius 2 is 1.87 bits per heavy atom. The van der Waals surface area contributed by atoms with Gasteiger partial charge in [0.2, 0.25) is 0 Å². The third-order valence-corrected chi connectivity index (χ3v) is 3.99. The van der Waals surface area contributed by atoms with Crippen LogP contribution < -0.4 is 0 Å². The van der Waals surface area contributed by atoms with Crippen molar-refractivity contribution in [1.82, 2.24) is 0 Å².